The van der Waals surface area contributed by atoms with Crippen molar-refractivity contribution in [1.82, 2.24) is 14.2 Å². The number of sulfonamides is 1. The first kappa shape index (κ1) is 24.9. The largest absolute Gasteiger partial charge is 0.310 e. The van der Waals surface area contributed by atoms with E-state index in [0.29, 0.717) is 24.8 Å². The number of benzene rings is 2. The lowest BCUT2D eigenvalue weighted by Crippen LogP contribution is -2.47. The smallest absolute Gasteiger partial charge is 0.243 e. The minimum absolute atomic E-state index is 0.0968. The number of amides is 1. The molecule has 3 aromatic rings. The molecule has 1 N–H and O–H groups in total. The van der Waals surface area contributed by atoms with Crippen LogP contribution in [0.25, 0.3) is 10.8 Å². The molecule has 2 aromatic carbocycles. The fraction of sp³-hybridized carbons (Fsp3) is 0.429. The molecule has 0 radical (unpaired) electrons. The van der Waals surface area contributed by atoms with Crippen molar-refractivity contribution in [2.24, 2.45) is 5.92 Å². The fourth-order valence-corrected chi connectivity index (χ4v) is 6.87. The van der Waals surface area contributed by atoms with Gasteiger partial charge in [0, 0.05) is 37.8 Å². The quantitative estimate of drug-likeness (QED) is 0.511. The first-order chi connectivity index (χ1) is 17.4. The summed E-state index contributed by atoms with van der Waals surface area (Å²) in [5.41, 5.74) is 0.844. The highest BCUT2D eigenvalue weighted by molar-refractivity contribution is 7.89. The summed E-state index contributed by atoms with van der Waals surface area (Å²) in [6.07, 6.45) is 7.12. The number of aromatic nitrogens is 1. The molecule has 8 heteroatoms. The molecule has 2 fully saturated rings. The lowest BCUT2D eigenvalue weighted by Gasteiger charge is -2.31. The van der Waals surface area contributed by atoms with E-state index >= 15 is 0 Å². The molecule has 1 amide bonds. The molecule has 1 aromatic heterocycles. The molecule has 1 aliphatic heterocycles. The van der Waals surface area contributed by atoms with Crippen molar-refractivity contribution in [1.29, 1.82) is 0 Å². The molecule has 2 heterocycles. The molecule has 1 saturated heterocycles. The second-order valence-electron chi connectivity index (χ2n) is 10.1. The van der Waals surface area contributed by atoms with Gasteiger partial charge in [0.25, 0.3) is 0 Å². The molecule has 1 unspecified atom stereocenters. The van der Waals surface area contributed by atoms with Crippen LogP contribution in [0.15, 0.2) is 65.7 Å². The molecule has 2 aliphatic rings. The third-order valence-electron chi connectivity index (χ3n) is 7.66. The number of carbonyl (C=O) groups excluding carboxylic acids is 1. The second-order valence-corrected chi connectivity index (χ2v) is 12.0. The van der Waals surface area contributed by atoms with Crippen LogP contribution >= 0.6 is 0 Å². The summed E-state index contributed by atoms with van der Waals surface area (Å²) in [6.45, 7) is 2.43. The summed E-state index contributed by atoms with van der Waals surface area (Å²) in [6, 6.07) is 16.8. The van der Waals surface area contributed by atoms with Crippen molar-refractivity contribution in [3.05, 3.63) is 66.4 Å². The minimum Gasteiger partial charge on any atom is -0.310 e. The summed E-state index contributed by atoms with van der Waals surface area (Å²) in [5, 5.41) is 5.00. The highest BCUT2D eigenvalue weighted by Gasteiger charge is 2.30. The van der Waals surface area contributed by atoms with Crippen LogP contribution in [-0.2, 0) is 14.8 Å². The van der Waals surface area contributed by atoms with E-state index in [4.69, 9.17) is 0 Å². The van der Waals surface area contributed by atoms with Gasteiger partial charge in [0.15, 0.2) is 0 Å². The van der Waals surface area contributed by atoms with Gasteiger partial charge < -0.3 is 10.2 Å². The first-order valence-electron chi connectivity index (χ1n) is 12.8. The third-order valence-corrected chi connectivity index (χ3v) is 9.57. The summed E-state index contributed by atoms with van der Waals surface area (Å²) in [4.78, 5) is 20.5. The average Bonchev–Trinajstić information content (AvgIpc) is 3.41. The van der Waals surface area contributed by atoms with Crippen LogP contribution in [0, 0.1) is 5.92 Å². The van der Waals surface area contributed by atoms with Gasteiger partial charge in [0.05, 0.1) is 10.8 Å². The predicted molar refractivity (Wildman–Crippen MR) is 142 cm³/mol. The number of hydrogen-bond acceptors (Lipinski definition) is 5. The highest BCUT2D eigenvalue weighted by atomic mass is 32.2. The van der Waals surface area contributed by atoms with Crippen molar-refractivity contribution >= 4 is 32.5 Å². The van der Waals surface area contributed by atoms with E-state index in [1.807, 2.05) is 49.5 Å². The van der Waals surface area contributed by atoms with E-state index in [1.54, 1.807) is 22.6 Å². The zero-order chi connectivity index (χ0) is 25.1. The van der Waals surface area contributed by atoms with E-state index in [0.717, 1.165) is 48.7 Å². The molecular weight excluding hydrogens is 472 g/mol. The van der Waals surface area contributed by atoms with Gasteiger partial charge in [-0.3, -0.25) is 4.79 Å². The number of likely N-dealkylation sites (N-methyl/N-ethyl adjacent to an activating group) is 1. The molecule has 190 valence electrons. The van der Waals surface area contributed by atoms with Gasteiger partial charge in [0.2, 0.25) is 15.9 Å². The predicted octanol–water partition coefficient (Wildman–Crippen LogP) is 4.47. The van der Waals surface area contributed by atoms with Gasteiger partial charge in [-0.25, -0.2) is 13.4 Å². The molecular formula is C28H34N4O3S. The van der Waals surface area contributed by atoms with Crippen molar-refractivity contribution in [3.63, 3.8) is 0 Å². The molecule has 36 heavy (non-hydrogen) atoms. The van der Waals surface area contributed by atoms with Crippen LogP contribution in [-0.4, -0.2) is 61.7 Å². The summed E-state index contributed by atoms with van der Waals surface area (Å²) in [5.74, 6) is 0.591. The molecule has 5 rings (SSSR count). The monoisotopic (exact) mass is 506 g/mol. The van der Waals surface area contributed by atoms with E-state index in [9.17, 15) is 13.2 Å². The van der Waals surface area contributed by atoms with Crippen LogP contribution in [0.3, 0.4) is 0 Å². The Balaban J connectivity index is 1.39. The fourth-order valence-electron chi connectivity index (χ4n) is 5.45. The average molecular weight is 507 g/mol. The van der Waals surface area contributed by atoms with Crippen LogP contribution in [0.4, 0.5) is 5.82 Å². The molecule has 7 nitrogen and oxygen atoms in total. The SMILES string of the molecule is CN1CCN(S(=O)(=O)c2ccc(C(CC3CCCC3)C(=O)Nc3nccc4ccccc34)cc2)CC1. The van der Waals surface area contributed by atoms with Crippen LogP contribution in [0.1, 0.15) is 43.6 Å². The van der Waals surface area contributed by atoms with Gasteiger partial charge in [-0.05, 0) is 48.5 Å². The van der Waals surface area contributed by atoms with Crippen molar-refractivity contribution in [2.75, 3.05) is 38.5 Å². The standard InChI is InChI=1S/C28H34N4O3S/c1-31-16-18-32(19-17-31)36(34,35)24-12-10-23(11-13-24)26(20-21-6-2-3-7-21)28(33)30-27-25-9-5-4-8-22(25)14-15-29-27/h4-5,8-15,21,26H,2-3,6-7,16-20H2,1H3,(H,29,30,33). The number of nitrogens with zero attached hydrogens (tertiary/aromatic N) is 3. The van der Waals surface area contributed by atoms with Gasteiger partial charge in [0.1, 0.15) is 5.82 Å². The number of piperazine rings is 1. The van der Waals surface area contributed by atoms with Crippen molar-refractivity contribution in [3.8, 4) is 0 Å². The zero-order valence-electron chi connectivity index (χ0n) is 20.8. The summed E-state index contributed by atoms with van der Waals surface area (Å²) < 4.78 is 27.9. The Morgan fingerprint density at radius 3 is 2.42 bits per heavy atom. The Hall–Kier alpha value is -2.81. The van der Waals surface area contributed by atoms with Crippen LogP contribution < -0.4 is 5.32 Å². The Morgan fingerprint density at radius 2 is 1.69 bits per heavy atom. The third kappa shape index (κ3) is 5.31. The molecule has 0 spiro atoms. The van der Waals surface area contributed by atoms with E-state index in [2.05, 4.69) is 15.2 Å². The van der Waals surface area contributed by atoms with Crippen molar-refractivity contribution in [2.45, 2.75) is 42.9 Å². The zero-order valence-corrected chi connectivity index (χ0v) is 21.6. The topological polar surface area (TPSA) is 82.6 Å². The second kappa shape index (κ2) is 10.7. The van der Waals surface area contributed by atoms with Crippen LogP contribution in [0.5, 0.6) is 0 Å². The number of pyridine rings is 1. The number of nitrogens with one attached hydrogen (secondary N) is 1. The maximum absolute atomic E-state index is 13.6. The minimum atomic E-state index is -3.55. The van der Waals surface area contributed by atoms with E-state index < -0.39 is 10.0 Å². The van der Waals surface area contributed by atoms with Crippen LogP contribution in [0.2, 0.25) is 0 Å². The normalized spacial score (nSPS) is 18.9. The van der Waals surface area contributed by atoms with Crippen molar-refractivity contribution < 1.29 is 13.2 Å². The Labute approximate surface area is 213 Å². The van der Waals surface area contributed by atoms with Gasteiger partial charge in [-0.2, -0.15) is 4.31 Å². The lowest BCUT2D eigenvalue weighted by molar-refractivity contribution is -0.118. The van der Waals surface area contributed by atoms with Gasteiger partial charge in [-0.1, -0.05) is 62.1 Å². The summed E-state index contributed by atoms with van der Waals surface area (Å²) in [7, 11) is -1.55. The van der Waals surface area contributed by atoms with Gasteiger partial charge >= 0.3 is 0 Å². The van der Waals surface area contributed by atoms with E-state index in [1.165, 1.54) is 12.8 Å². The maximum atomic E-state index is 13.6. The number of anilines is 1. The number of hydrogen-bond donors (Lipinski definition) is 1. The highest BCUT2D eigenvalue weighted by Crippen LogP contribution is 2.35. The molecule has 1 atom stereocenters. The van der Waals surface area contributed by atoms with Gasteiger partial charge in [-0.15, -0.1) is 0 Å². The Bertz CT molecular complexity index is 1310. The Kier molecular flexibility index (Phi) is 7.37. The molecule has 0 bridgehead atoms. The number of carbonyl (C=O) groups is 1. The Morgan fingerprint density at radius 1 is 1.00 bits per heavy atom. The number of rotatable bonds is 7. The lowest BCUT2D eigenvalue weighted by atomic mass is 9.87. The maximum Gasteiger partial charge on any atom is 0.243 e. The summed E-state index contributed by atoms with van der Waals surface area (Å²) >= 11 is 0. The first-order valence-corrected chi connectivity index (χ1v) is 14.3. The number of fused-ring (bicyclic) bond motifs is 1. The molecule has 1 aliphatic carbocycles. The van der Waals surface area contributed by atoms with E-state index in [-0.39, 0.29) is 16.7 Å². The molecule has 1 saturated carbocycles.